The van der Waals surface area contributed by atoms with E-state index in [1.807, 2.05) is 13.8 Å². The molecule has 1 aromatic rings. The van der Waals surface area contributed by atoms with Crippen LogP contribution in [0.1, 0.15) is 58.7 Å². The minimum absolute atomic E-state index is 0.0521. The van der Waals surface area contributed by atoms with Crippen molar-refractivity contribution in [2.75, 3.05) is 57.4 Å². The number of hydrogen-bond acceptors (Lipinski definition) is 6. The van der Waals surface area contributed by atoms with Gasteiger partial charge in [-0.3, -0.25) is 19.6 Å². The average molecular weight is 494 g/mol. The number of ether oxygens (including phenoxy) is 1. The average Bonchev–Trinajstić information content (AvgIpc) is 3.07. The normalized spacial score (nSPS) is 27.7. The van der Waals surface area contributed by atoms with Gasteiger partial charge in [-0.2, -0.15) is 0 Å². The smallest absolute Gasteiger partial charge is 0.274 e. The fraction of sp³-hybridized carbons (Fsp3) is 0.769. The Morgan fingerprint density at radius 1 is 1.31 bits per heavy atom. The topological polar surface area (TPSA) is 60.9 Å². The first-order chi connectivity index (χ1) is 16.5. The summed E-state index contributed by atoms with van der Waals surface area (Å²) in [7, 11) is 0. The molecule has 2 fully saturated rings. The Labute approximate surface area is 208 Å². The highest BCUT2D eigenvalue weighted by Gasteiger charge is 2.42. The molecule has 4 heterocycles. The number of alkyl halides is 2. The van der Waals surface area contributed by atoms with Gasteiger partial charge in [0.2, 0.25) is 5.91 Å². The molecule has 0 aromatic carbocycles. The van der Waals surface area contributed by atoms with Crippen LogP contribution in [-0.4, -0.2) is 91.3 Å². The SMILES string of the molecule is CCCC(F)(F)c1cnc2c(c1)N(C(=O)CN1C[C@@H](C)NCC1CN1CCOC[C@H]1C)CC2(C)C. The second-order valence-corrected chi connectivity index (χ2v) is 11.2. The van der Waals surface area contributed by atoms with Crippen LogP contribution in [-0.2, 0) is 20.9 Å². The summed E-state index contributed by atoms with van der Waals surface area (Å²) >= 11 is 0. The molecule has 1 N–H and O–H groups in total. The number of piperazine rings is 1. The van der Waals surface area contributed by atoms with E-state index in [4.69, 9.17) is 4.74 Å². The van der Waals surface area contributed by atoms with Crippen molar-refractivity contribution in [1.29, 1.82) is 0 Å². The lowest BCUT2D eigenvalue weighted by atomic mass is 9.91. The molecular weight excluding hydrogens is 452 g/mol. The van der Waals surface area contributed by atoms with Crippen LogP contribution in [0.15, 0.2) is 12.3 Å². The molecule has 196 valence electrons. The number of carbonyl (C=O) groups is 1. The Bertz CT molecular complexity index is 912. The lowest BCUT2D eigenvalue weighted by molar-refractivity contribution is -0.121. The van der Waals surface area contributed by atoms with Crippen molar-refractivity contribution in [2.24, 2.45) is 0 Å². The van der Waals surface area contributed by atoms with Gasteiger partial charge in [0.25, 0.3) is 5.92 Å². The summed E-state index contributed by atoms with van der Waals surface area (Å²) < 4.78 is 35.0. The molecule has 0 spiro atoms. The number of amides is 1. The van der Waals surface area contributed by atoms with Gasteiger partial charge < -0.3 is 15.0 Å². The zero-order valence-corrected chi connectivity index (χ0v) is 21.8. The first-order valence-corrected chi connectivity index (χ1v) is 13.0. The lowest BCUT2D eigenvalue weighted by Gasteiger charge is -2.43. The zero-order chi connectivity index (χ0) is 25.4. The second-order valence-electron chi connectivity index (χ2n) is 11.2. The maximum atomic E-state index is 14.7. The van der Waals surface area contributed by atoms with Crippen LogP contribution in [0.25, 0.3) is 0 Å². The lowest BCUT2D eigenvalue weighted by Crippen LogP contribution is -2.62. The zero-order valence-electron chi connectivity index (χ0n) is 21.8. The minimum atomic E-state index is -2.95. The highest BCUT2D eigenvalue weighted by molar-refractivity contribution is 5.97. The van der Waals surface area contributed by atoms with Crippen molar-refractivity contribution < 1.29 is 18.3 Å². The summed E-state index contributed by atoms with van der Waals surface area (Å²) in [6, 6.07) is 2.33. The maximum absolute atomic E-state index is 14.7. The van der Waals surface area contributed by atoms with E-state index < -0.39 is 5.92 Å². The van der Waals surface area contributed by atoms with Crippen LogP contribution in [0.4, 0.5) is 14.5 Å². The molecule has 1 aromatic heterocycles. The molecule has 3 aliphatic heterocycles. The molecule has 9 heteroatoms. The Kier molecular flexibility index (Phi) is 7.81. The largest absolute Gasteiger partial charge is 0.379 e. The number of halogens is 2. The molecule has 0 radical (unpaired) electrons. The van der Waals surface area contributed by atoms with Gasteiger partial charge in [0.15, 0.2) is 0 Å². The number of carbonyl (C=O) groups excluding carboxylic acids is 1. The highest BCUT2D eigenvalue weighted by atomic mass is 19.3. The van der Waals surface area contributed by atoms with Crippen LogP contribution in [0, 0.1) is 0 Å². The fourth-order valence-corrected chi connectivity index (χ4v) is 5.58. The van der Waals surface area contributed by atoms with Gasteiger partial charge in [-0.15, -0.1) is 0 Å². The summed E-state index contributed by atoms with van der Waals surface area (Å²) in [5.41, 5.74) is 0.760. The predicted octanol–water partition coefficient (Wildman–Crippen LogP) is 2.98. The van der Waals surface area contributed by atoms with E-state index in [0.717, 1.165) is 39.4 Å². The van der Waals surface area contributed by atoms with E-state index >= 15 is 0 Å². The highest BCUT2D eigenvalue weighted by Crippen LogP contribution is 2.42. The van der Waals surface area contributed by atoms with Crippen LogP contribution in [0.5, 0.6) is 0 Å². The third-order valence-corrected chi connectivity index (χ3v) is 7.66. The fourth-order valence-electron chi connectivity index (χ4n) is 5.58. The van der Waals surface area contributed by atoms with E-state index in [-0.39, 0.29) is 41.9 Å². The number of hydrogen-bond donors (Lipinski definition) is 1. The molecule has 3 atom stereocenters. The molecule has 4 rings (SSSR count). The van der Waals surface area contributed by atoms with Crippen molar-refractivity contribution in [2.45, 2.75) is 76.9 Å². The Hall–Kier alpha value is -1.68. The van der Waals surface area contributed by atoms with E-state index in [0.29, 0.717) is 30.4 Å². The Balaban J connectivity index is 1.53. The molecule has 0 aliphatic carbocycles. The van der Waals surface area contributed by atoms with Gasteiger partial charge in [-0.05, 0) is 19.9 Å². The second kappa shape index (κ2) is 10.4. The summed E-state index contributed by atoms with van der Waals surface area (Å²) in [5.74, 6) is -3.00. The minimum Gasteiger partial charge on any atom is -0.379 e. The molecule has 7 nitrogen and oxygen atoms in total. The number of nitrogens with zero attached hydrogens (tertiary/aromatic N) is 4. The molecule has 0 bridgehead atoms. The summed E-state index contributed by atoms with van der Waals surface area (Å²) in [6.45, 7) is 15.6. The van der Waals surface area contributed by atoms with Gasteiger partial charge in [0.05, 0.1) is 31.1 Å². The molecular formula is C26H41F2N5O2. The van der Waals surface area contributed by atoms with Crippen LogP contribution in [0.3, 0.4) is 0 Å². The van der Waals surface area contributed by atoms with E-state index in [2.05, 4.69) is 33.9 Å². The maximum Gasteiger partial charge on any atom is 0.274 e. The van der Waals surface area contributed by atoms with Crippen molar-refractivity contribution in [3.8, 4) is 0 Å². The van der Waals surface area contributed by atoms with E-state index in [1.54, 1.807) is 11.8 Å². The van der Waals surface area contributed by atoms with Gasteiger partial charge in [-0.1, -0.05) is 27.2 Å². The number of morpholine rings is 1. The molecule has 1 amide bonds. The summed E-state index contributed by atoms with van der Waals surface area (Å²) in [6.07, 6.45) is 1.44. The van der Waals surface area contributed by atoms with Crippen LogP contribution < -0.4 is 10.2 Å². The third kappa shape index (κ3) is 5.68. The van der Waals surface area contributed by atoms with Gasteiger partial charge in [-0.25, -0.2) is 8.78 Å². The van der Waals surface area contributed by atoms with Crippen molar-refractivity contribution in [1.82, 2.24) is 20.1 Å². The van der Waals surface area contributed by atoms with Gasteiger partial charge in [0.1, 0.15) is 0 Å². The summed E-state index contributed by atoms with van der Waals surface area (Å²) in [5, 5.41) is 3.56. The van der Waals surface area contributed by atoms with E-state index in [1.165, 1.54) is 12.3 Å². The monoisotopic (exact) mass is 493 g/mol. The first kappa shape index (κ1) is 26.4. The molecule has 0 saturated carbocycles. The predicted molar refractivity (Wildman–Crippen MR) is 133 cm³/mol. The number of rotatable bonds is 7. The number of nitrogens with one attached hydrogen (secondary N) is 1. The van der Waals surface area contributed by atoms with Crippen LogP contribution >= 0.6 is 0 Å². The molecule has 35 heavy (non-hydrogen) atoms. The number of pyridine rings is 1. The van der Waals surface area contributed by atoms with Gasteiger partial charge in [0, 0.05) is 74.4 Å². The quantitative estimate of drug-likeness (QED) is 0.630. The Morgan fingerprint density at radius 3 is 2.80 bits per heavy atom. The Morgan fingerprint density at radius 2 is 2.09 bits per heavy atom. The number of fused-ring (bicyclic) bond motifs is 1. The van der Waals surface area contributed by atoms with Gasteiger partial charge >= 0.3 is 0 Å². The van der Waals surface area contributed by atoms with Crippen LogP contribution in [0.2, 0.25) is 0 Å². The molecule has 2 saturated heterocycles. The number of aromatic nitrogens is 1. The standard InChI is InChI=1S/C26H41F2N5O2/c1-6-7-26(27,28)20-10-22-24(30-11-20)25(4,5)17-33(22)23(34)15-32-13-18(2)29-12-21(32)14-31-8-9-35-16-19(31)3/h10-11,18-19,21,29H,6-9,12-17H2,1-5H3/t18-,19-,21?/m1/s1. The van der Waals surface area contributed by atoms with E-state index in [9.17, 15) is 13.6 Å². The summed E-state index contributed by atoms with van der Waals surface area (Å²) in [4.78, 5) is 24.5. The molecule has 1 unspecified atom stereocenters. The molecule has 3 aliphatic rings. The number of anilines is 1. The van der Waals surface area contributed by atoms with Crippen molar-refractivity contribution in [3.63, 3.8) is 0 Å². The third-order valence-electron chi connectivity index (χ3n) is 7.66. The van der Waals surface area contributed by atoms with Crippen molar-refractivity contribution >= 4 is 11.6 Å². The first-order valence-electron chi connectivity index (χ1n) is 13.0. The van der Waals surface area contributed by atoms with Crippen molar-refractivity contribution in [3.05, 3.63) is 23.5 Å².